The first-order valence-electron chi connectivity index (χ1n) is 5.50. The normalized spacial score (nSPS) is 18.8. The number of allylic oxidation sites excluding steroid dienone is 4. The average Bonchev–Trinajstić information content (AvgIpc) is 2.34. The Morgan fingerprint density at radius 2 is 2.06 bits per heavy atom. The van der Waals surface area contributed by atoms with Gasteiger partial charge in [0, 0.05) is 0 Å². The van der Waals surface area contributed by atoms with Gasteiger partial charge in [0.05, 0.1) is 21.5 Å². The summed E-state index contributed by atoms with van der Waals surface area (Å²) in [6.07, 6.45) is 7.42. The summed E-state index contributed by atoms with van der Waals surface area (Å²) in [7, 11) is 0. The first kappa shape index (κ1) is 10.6. The largest absolute Gasteiger partial charge is 0.378 e. The molecule has 1 aliphatic carbocycles. The summed E-state index contributed by atoms with van der Waals surface area (Å²) in [5, 5.41) is 0. The van der Waals surface area contributed by atoms with Crippen molar-refractivity contribution in [3.05, 3.63) is 59.7 Å². The lowest BCUT2D eigenvalue weighted by molar-refractivity contribution is -0.117. The molecule has 0 bridgehead atoms. The van der Waals surface area contributed by atoms with Crippen molar-refractivity contribution in [2.45, 2.75) is 13.3 Å². The highest BCUT2D eigenvalue weighted by Gasteiger charge is 2.20. The second-order valence-electron chi connectivity index (χ2n) is 4.06. The maximum absolute atomic E-state index is 7.30. The molecule has 1 N–H and O–H groups in total. The standard InChI is InChI=1S/C14H15N2/c1-11-7-9-13(10-8-11)14(16-15)12-5-3-2-4-6-12/h2-7,9-11,15H,8H2,1H3/q+1. The van der Waals surface area contributed by atoms with Gasteiger partial charge in [-0.3, -0.25) is 0 Å². The molecule has 0 aliphatic heterocycles. The molecule has 0 aromatic heterocycles. The van der Waals surface area contributed by atoms with Crippen LogP contribution in [-0.4, -0.2) is 10.5 Å². The first-order chi connectivity index (χ1) is 7.81. The van der Waals surface area contributed by atoms with Crippen LogP contribution in [0.1, 0.15) is 18.9 Å². The SMILES string of the molecule is CC1C=CC(C(=[N+]=N)c2ccccc2)=CC1. The highest BCUT2D eigenvalue weighted by molar-refractivity contribution is 6.10. The van der Waals surface area contributed by atoms with E-state index >= 15 is 0 Å². The molecular weight excluding hydrogens is 196 g/mol. The molecule has 0 fully saturated rings. The molecule has 0 saturated heterocycles. The lowest BCUT2D eigenvalue weighted by atomic mass is 9.93. The maximum atomic E-state index is 7.30. The van der Waals surface area contributed by atoms with Gasteiger partial charge in [0.25, 0.3) is 0 Å². The van der Waals surface area contributed by atoms with Gasteiger partial charge in [0.15, 0.2) is 0 Å². The van der Waals surface area contributed by atoms with Crippen LogP contribution in [0.2, 0.25) is 0 Å². The number of hydrogen-bond acceptors (Lipinski definition) is 1. The van der Waals surface area contributed by atoms with Gasteiger partial charge in [-0.05, 0) is 24.5 Å². The van der Waals surface area contributed by atoms with Gasteiger partial charge in [0.1, 0.15) is 0 Å². The summed E-state index contributed by atoms with van der Waals surface area (Å²) in [5.41, 5.74) is 10.1. The van der Waals surface area contributed by atoms with Gasteiger partial charge in [-0.15, -0.1) is 0 Å². The minimum absolute atomic E-state index is 0.589. The summed E-state index contributed by atoms with van der Waals surface area (Å²) in [6.45, 7) is 2.18. The topological polar surface area (TPSA) is 38.0 Å². The second-order valence-corrected chi connectivity index (χ2v) is 4.06. The van der Waals surface area contributed by atoms with Crippen LogP contribution < -0.4 is 0 Å². The van der Waals surface area contributed by atoms with E-state index in [0.29, 0.717) is 5.92 Å². The Bertz CT molecular complexity index is 477. The zero-order valence-corrected chi connectivity index (χ0v) is 9.35. The molecule has 2 nitrogen and oxygen atoms in total. The Hall–Kier alpha value is -1.92. The predicted molar refractivity (Wildman–Crippen MR) is 64.5 cm³/mol. The average molecular weight is 211 g/mol. The van der Waals surface area contributed by atoms with Crippen LogP contribution >= 0.6 is 0 Å². The number of nitrogens with one attached hydrogen (secondary N) is 1. The number of benzene rings is 1. The van der Waals surface area contributed by atoms with E-state index in [-0.39, 0.29) is 0 Å². The molecule has 0 heterocycles. The Kier molecular flexibility index (Phi) is 3.13. The fraction of sp³-hybridized carbons (Fsp3) is 0.214. The van der Waals surface area contributed by atoms with E-state index < -0.39 is 0 Å². The lowest BCUT2D eigenvalue weighted by Crippen LogP contribution is -2.08. The van der Waals surface area contributed by atoms with Gasteiger partial charge in [0.2, 0.25) is 0 Å². The van der Waals surface area contributed by atoms with Crippen LogP contribution in [0.15, 0.2) is 54.1 Å². The third kappa shape index (κ3) is 2.18. The highest BCUT2D eigenvalue weighted by Crippen LogP contribution is 2.18. The van der Waals surface area contributed by atoms with Crippen molar-refractivity contribution in [3.8, 4) is 0 Å². The summed E-state index contributed by atoms with van der Waals surface area (Å²) >= 11 is 0. The second kappa shape index (κ2) is 4.73. The van der Waals surface area contributed by atoms with E-state index in [0.717, 1.165) is 23.3 Å². The summed E-state index contributed by atoms with van der Waals surface area (Å²) < 4.78 is 0. The highest BCUT2D eigenvalue weighted by atomic mass is 14.9. The molecule has 0 saturated carbocycles. The Morgan fingerprint density at radius 3 is 2.62 bits per heavy atom. The van der Waals surface area contributed by atoms with E-state index in [1.54, 1.807) is 0 Å². The molecule has 1 atom stereocenters. The zero-order chi connectivity index (χ0) is 11.4. The van der Waals surface area contributed by atoms with E-state index in [4.69, 9.17) is 5.53 Å². The molecule has 16 heavy (non-hydrogen) atoms. The monoisotopic (exact) mass is 211 g/mol. The van der Waals surface area contributed by atoms with Crippen molar-refractivity contribution in [2.24, 2.45) is 5.92 Å². The van der Waals surface area contributed by atoms with E-state index in [2.05, 4.69) is 29.9 Å². The van der Waals surface area contributed by atoms with Crippen molar-refractivity contribution in [2.75, 3.05) is 0 Å². The molecular formula is C14H15N2+. The maximum Gasteiger partial charge on any atom is 0.378 e. The molecule has 2 rings (SSSR count). The third-order valence-corrected chi connectivity index (χ3v) is 2.75. The van der Waals surface area contributed by atoms with Crippen LogP contribution in [0.4, 0.5) is 0 Å². The van der Waals surface area contributed by atoms with Crippen LogP contribution in [0.25, 0.3) is 0 Å². The molecule has 1 aromatic carbocycles. The summed E-state index contributed by atoms with van der Waals surface area (Å²) in [4.78, 5) is 3.65. The van der Waals surface area contributed by atoms with Gasteiger partial charge >= 0.3 is 5.71 Å². The molecule has 0 amide bonds. The quantitative estimate of drug-likeness (QED) is 0.443. The molecule has 0 spiro atoms. The third-order valence-electron chi connectivity index (χ3n) is 2.75. The van der Waals surface area contributed by atoms with E-state index in [1.165, 1.54) is 0 Å². The fourth-order valence-corrected chi connectivity index (χ4v) is 1.79. The molecule has 1 aromatic rings. The van der Waals surface area contributed by atoms with Crippen LogP contribution in [-0.2, 0) is 0 Å². The van der Waals surface area contributed by atoms with Crippen molar-refractivity contribution in [1.29, 1.82) is 5.53 Å². The zero-order valence-electron chi connectivity index (χ0n) is 9.35. The van der Waals surface area contributed by atoms with Crippen LogP contribution in [0.3, 0.4) is 0 Å². The number of nitrogens with zero attached hydrogens (tertiary/aromatic N) is 1. The van der Waals surface area contributed by atoms with Crippen molar-refractivity contribution >= 4 is 5.71 Å². The van der Waals surface area contributed by atoms with Gasteiger partial charge in [-0.2, -0.15) is 0 Å². The molecule has 2 heteroatoms. The number of hydrogen-bond donors (Lipinski definition) is 1. The smallest absolute Gasteiger partial charge is 0.0805 e. The fourth-order valence-electron chi connectivity index (χ4n) is 1.79. The van der Waals surface area contributed by atoms with Crippen LogP contribution in [0.5, 0.6) is 0 Å². The molecule has 1 aliphatic rings. The van der Waals surface area contributed by atoms with Gasteiger partial charge < -0.3 is 0 Å². The molecule has 0 radical (unpaired) electrons. The van der Waals surface area contributed by atoms with E-state index in [1.807, 2.05) is 30.3 Å². The van der Waals surface area contributed by atoms with Crippen molar-refractivity contribution in [1.82, 2.24) is 0 Å². The van der Waals surface area contributed by atoms with Crippen LogP contribution in [0, 0.1) is 11.4 Å². The van der Waals surface area contributed by atoms with Crippen molar-refractivity contribution in [3.63, 3.8) is 0 Å². The predicted octanol–water partition coefficient (Wildman–Crippen LogP) is 3.24. The van der Waals surface area contributed by atoms with Gasteiger partial charge in [-0.1, -0.05) is 43.4 Å². The van der Waals surface area contributed by atoms with Crippen molar-refractivity contribution < 1.29 is 4.79 Å². The molecule has 80 valence electrons. The Balaban J connectivity index is 2.33. The molecule has 1 unspecified atom stereocenters. The Morgan fingerprint density at radius 1 is 1.31 bits per heavy atom. The number of rotatable bonds is 2. The lowest BCUT2D eigenvalue weighted by Gasteiger charge is -2.07. The summed E-state index contributed by atoms with van der Waals surface area (Å²) in [6, 6.07) is 9.88. The van der Waals surface area contributed by atoms with Gasteiger partial charge in [-0.25, -0.2) is 0 Å². The Labute approximate surface area is 95.5 Å². The minimum atomic E-state index is 0.589. The van der Waals surface area contributed by atoms with E-state index in [9.17, 15) is 0 Å². The first-order valence-corrected chi connectivity index (χ1v) is 5.50. The summed E-state index contributed by atoms with van der Waals surface area (Å²) in [5.74, 6) is 0.589. The minimum Gasteiger partial charge on any atom is -0.0805 e.